The molecule has 18 heavy (non-hydrogen) atoms. The highest BCUT2D eigenvalue weighted by Crippen LogP contribution is 2.04. The minimum absolute atomic E-state index is 0.271. The van der Waals surface area contributed by atoms with Crippen molar-refractivity contribution in [3.63, 3.8) is 0 Å². The first-order valence-corrected chi connectivity index (χ1v) is 6.63. The van der Waals surface area contributed by atoms with E-state index in [1.165, 1.54) is 5.56 Å². The second kappa shape index (κ2) is 9.70. The third-order valence-electron chi connectivity index (χ3n) is 2.69. The average Bonchev–Trinajstić information content (AvgIpc) is 2.42. The summed E-state index contributed by atoms with van der Waals surface area (Å²) in [4.78, 5) is 0. The van der Waals surface area contributed by atoms with Gasteiger partial charge in [-0.3, -0.25) is 0 Å². The van der Waals surface area contributed by atoms with Gasteiger partial charge in [0.1, 0.15) is 6.61 Å². The van der Waals surface area contributed by atoms with Gasteiger partial charge in [-0.2, -0.15) is 0 Å². The maximum absolute atomic E-state index is 8.61. The minimum atomic E-state index is 0.271. The molecule has 1 aromatic carbocycles. The molecule has 0 heterocycles. The lowest BCUT2D eigenvalue weighted by molar-refractivity contribution is 0.159. The highest BCUT2D eigenvalue weighted by atomic mass is 16.5. The molecule has 0 aliphatic heterocycles. The SMILES string of the molecule is CCc1cccc(C#CCOCCCCCO)c1. The first-order chi connectivity index (χ1) is 8.86. The van der Waals surface area contributed by atoms with Crippen molar-refractivity contribution in [1.82, 2.24) is 0 Å². The van der Waals surface area contributed by atoms with Crippen molar-refractivity contribution < 1.29 is 9.84 Å². The molecule has 0 aliphatic carbocycles. The van der Waals surface area contributed by atoms with Crippen LogP contribution in [0.4, 0.5) is 0 Å². The monoisotopic (exact) mass is 246 g/mol. The number of ether oxygens (including phenoxy) is 1. The zero-order chi connectivity index (χ0) is 13.1. The van der Waals surface area contributed by atoms with Gasteiger partial charge in [-0.15, -0.1) is 0 Å². The van der Waals surface area contributed by atoms with Crippen LogP contribution in [0.3, 0.4) is 0 Å². The van der Waals surface area contributed by atoms with Gasteiger partial charge in [0.05, 0.1) is 0 Å². The molecule has 0 aromatic heterocycles. The van der Waals surface area contributed by atoms with E-state index in [2.05, 4.69) is 30.9 Å². The van der Waals surface area contributed by atoms with Crippen LogP contribution in [0.15, 0.2) is 24.3 Å². The van der Waals surface area contributed by atoms with Crippen LogP contribution < -0.4 is 0 Å². The predicted octanol–water partition coefficient (Wildman–Crippen LogP) is 2.78. The molecule has 0 bridgehead atoms. The Balaban J connectivity index is 2.20. The molecule has 0 spiro atoms. The van der Waals surface area contributed by atoms with E-state index in [0.717, 1.165) is 37.9 Å². The first-order valence-electron chi connectivity index (χ1n) is 6.63. The van der Waals surface area contributed by atoms with Crippen LogP contribution >= 0.6 is 0 Å². The van der Waals surface area contributed by atoms with Gasteiger partial charge in [0.25, 0.3) is 0 Å². The summed E-state index contributed by atoms with van der Waals surface area (Å²) in [7, 11) is 0. The van der Waals surface area contributed by atoms with Gasteiger partial charge >= 0.3 is 0 Å². The summed E-state index contributed by atoms with van der Waals surface area (Å²) in [6, 6.07) is 8.29. The van der Waals surface area contributed by atoms with Gasteiger partial charge in [0, 0.05) is 18.8 Å². The standard InChI is InChI=1S/C16H22O2/c1-2-15-8-6-9-16(14-15)10-7-13-18-12-5-3-4-11-17/h6,8-9,14,17H,2-5,11-13H2,1H3. The summed E-state index contributed by atoms with van der Waals surface area (Å²) in [5.41, 5.74) is 2.37. The Morgan fingerprint density at radius 2 is 2.11 bits per heavy atom. The molecule has 1 N–H and O–H groups in total. The van der Waals surface area contributed by atoms with E-state index in [9.17, 15) is 0 Å². The molecule has 1 aromatic rings. The van der Waals surface area contributed by atoms with Gasteiger partial charge in [-0.25, -0.2) is 0 Å². The third kappa shape index (κ3) is 6.44. The molecule has 0 aliphatic rings. The van der Waals surface area contributed by atoms with Gasteiger partial charge in [-0.1, -0.05) is 30.9 Å². The molecule has 98 valence electrons. The average molecular weight is 246 g/mol. The second-order valence-electron chi connectivity index (χ2n) is 4.19. The molecule has 1 rings (SSSR count). The number of aliphatic hydroxyl groups is 1. The largest absolute Gasteiger partial charge is 0.396 e. The van der Waals surface area contributed by atoms with Crippen LogP contribution in [-0.4, -0.2) is 24.9 Å². The quantitative estimate of drug-likeness (QED) is 0.592. The van der Waals surface area contributed by atoms with Crippen molar-refractivity contribution in [3.05, 3.63) is 35.4 Å². The number of aryl methyl sites for hydroxylation is 1. The molecular weight excluding hydrogens is 224 g/mol. The Bertz CT molecular complexity index is 388. The Kier molecular flexibility index (Phi) is 7.96. The summed E-state index contributed by atoms with van der Waals surface area (Å²) in [6.07, 6.45) is 3.91. The van der Waals surface area contributed by atoms with E-state index in [0.29, 0.717) is 6.61 Å². The lowest BCUT2D eigenvalue weighted by atomic mass is 10.1. The zero-order valence-corrected chi connectivity index (χ0v) is 11.1. The number of rotatable bonds is 7. The Morgan fingerprint density at radius 1 is 1.22 bits per heavy atom. The summed E-state index contributed by atoms with van der Waals surface area (Å²) >= 11 is 0. The van der Waals surface area contributed by atoms with E-state index in [-0.39, 0.29) is 6.61 Å². The number of unbranched alkanes of at least 4 members (excludes halogenated alkanes) is 2. The summed E-state index contributed by atoms with van der Waals surface area (Å²) < 4.78 is 5.40. The highest BCUT2D eigenvalue weighted by molar-refractivity contribution is 5.37. The van der Waals surface area contributed by atoms with Gasteiger partial charge in [0.15, 0.2) is 0 Å². The van der Waals surface area contributed by atoms with Crippen LogP contribution in [0.25, 0.3) is 0 Å². The first kappa shape index (κ1) is 14.8. The molecule has 2 heteroatoms. The molecule has 0 saturated heterocycles. The van der Waals surface area contributed by atoms with E-state index in [1.807, 2.05) is 12.1 Å². The fraction of sp³-hybridized carbons (Fsp3) is 0.500. The molecule has 0 atom stereocenters. The summed E-state index contributed by atoms with van der Waals surface area (Å²) in [5, 5.41) is 8.61. The maximum Gasteiger partial charge on any atom is 0.108 e. The molecule has 0 unspecified atom stereocenters. The van der Waals surface area contributed by atoms with E-state index >= 15 is 0 Å². The van der Waals surface area contributed by atoms with Crippen LogP contribution in [0.2, 0.25) is 0 Å². The van der Waals surface area contributed by atoms with Crippen LogP contribution in [0, 0.1) is 11.8 Å². The normalized spacial score (nSPS) is 9.89. The van der Waals surface area contributed by atoms with Crippen molar-refractivity contribution in [2.45, 2.75) is 32.6 Å². The Labute approximate surface area is 110 Å². The fourth-order valence-electron chi connectivity index (χ4n) is 1.62. The number of hydrogen-bond donors (Lipinski definition) is 1. The van der Waals surface area contributed by atoms with Crippen LogP contribution in [0.5, 0.6) is 0 Å². The van der Waals surface area contributed by atoms with Gasteiger partial charge in [-0.05, 0) is 43.4 Å². The molecule has 0 saturated carbocycles. The third-order valence-corrected chi connectivity index (χ3v) is 2.69. The number of aliphatic hydroxyl groups excluding tert-OH is 1. The van der Waals surface area contributed by atoms with E-state index < -0.39 is 0 Å². The molecule has 0 radical (unpaired) electrons. The Hall–Kier alpha value is -1.30. The topological polar surface area (TPSA) is 29.5 Å². The van der Waals surface area contributed by atoms with Crippen LogP contribution in [-0.2, 0) is 11.2 Å². The van der Waals surface area contributed by atoms with Crippen molar-refractivity contribution in [2.75, 3.05) is 19.8 Å². The predicted molar refractivity (Wildman–Crippen MR) is 74.5 cm³/mol. The number of hydrogen-bond acceptors (Lipinski definition) is 2. The van der Waals surface area contributed by atoms with Gasteiger partial charge in [0.2, 0.25) is 0 Å². The van der Waals surface area contributed by atoms with E-state index in [1.54, 1.807) is 0 Å². The lowest BCUT2D eigenvalue weighted by Crippen LogP contribution is -1.95. The molecule has 0 fully saturated rings. The molecular formula is C16H22O2. The van der Waals surface area contributed by atoms with E-state index in [4.69, 9.17) is 9.84 Å². The zero-order valence-electron chi connectivity index (χ0n) is 11.1. The highest BCUT2D eigenvalue weighted by Gasteiger charge is 1.90. The van der Waals surface area contributed by atoms with Crippen molar-refractivity contribution in [2.24, 2.45) is 0 Å². The summed E-state index contributed by atoms with van der Waals surface area (Å²) in [5.74, 6) is 6.13. The van der Waals surface area contributed by atoms with Gasteiger partial charge < -0.3 is 9.84 Å². The Morgan fingerprint density at radius 3 is 2.89 bits per heavy atom. The van der Waals surface area contributed by atoms with Crippen molar-refractivity contribution >= 4 is 0 Å². The molecule has 0 amide bonds. The fourth-order valence-corrected chi connectivity index (χ4v) is 1.62. The second-order valence-corrected chi connectivity index (χ2v) is 4.19. The lowest BCUT2D eigenvalue weighted by Gasteiger charge is -1.99. The van der Waals surface area contributed by atoms with Crippen molar-refractivity contribution in [1.29, 1.82) is 0 Å². The van der Waals surface area contributed by atoms with Crippen LogP contribution in [0.1, 0.15) is 37.3 Å². The summed E-state index contributed by atoms with van der Waals surface area (Å²) in [6.45, 7) is 3.62. The van der Waals surface area contributed by atoms with Crippen molar-refractivity contribution in [3.8, 4) is 11.8 Å². The number of benzene rings is 1. The smallest absolute Gasteiger partial charge is 0.108 e. The maximum atomic E-state index is 8.61. The molecule has 2 nitrogen and oxygen atoms in total. The minimum Gasteiger partial charge on any atom is -0.396 e.